The molecule has 2 rings (SSSR count). The lowest BCUT2D eigenvalue weighted by Crippen LogP contribution is -2.30. The maximum Gasteiger partial charge on any atom is 0.265 e. The van der Waals surface area contributed by atoms with Crippen LogP contribution >= 0.6 is 23.2 Å². The molecule has 5 nitrogen and oxygen atoms in total. The van der Waals surface area contributed by atoms with Crippen LogP contribution in [-0.2, 0) is 4.79 Å². The molecule has 0 fully saturated rings. The number of carbonyl (C=O) groups is 2. The van der Waals surface area contributed by atoms with Crippen LogP contribution in [0.4, 0.5) is 5.69 Å². The number of hydrogen-bond acceptors (Lipinski definition) is 3. The van der Waals surface area contributed by atoms with Crippen LogP contribution in [0.15, 0.2) is 36.4 Å². The summed E-state index contributed by atoms with van der Waals surface area (Å²) in [5.74, 6) is -0.191. The Hall–Kier alpha value is -2.24. The van der Waals surface area contributed by atoms with Gasteiger partial charge in [0.15, 0.2) is 6.10 Å². The molecule has 25 heavy (non-hydrogen) atoms. The number of benzene rings is 2. The summed E-state index contributed by atoms with van der Waals surface area (Å²) in [6.45, 7) is 3.42. The second kappa shape index (κ2) is 8.23. The first kappa shape index (κ1) is 19.1. The number of amides is 2. The van der Waals surface area contributed by atoms with E-state index in [0.717, 1.165) is 5.56 Å². The minimum absolute atomic E-state index is 0.187. The second-order valence-electron chi connectivity index (χ2n) is 5.41. The van der Waals surface area contributed by atoms with Gasteiger partial charge in [0.25, 0.3) is 11.8 Å². The van der Waals surface area contributed by atoms with Crippen LogP contribution in [0.25, 0.3) is 0 Å². The van der Waals surface area contributed by atoms with Gasteiger partial charge in [-0.2, -0.15) is 0 Å². The van der Waals surface area contributed by atoms with E-state index >= 15 is 0 Å². The summed E-state index contributed by atoms with van der Waals surface area (Å²) >= 11 is 12.0. The largest absolute Gasteiger partial charge is 0.479 e. The number of hydrogen-bond donors (Lipinski definition) is 2. The Morgan fingerprint density at radius 1 is 1.16 bits per heavy atom. The molecule has 0 saturated heterocycles. The number of ether oxygens (including phenoxy) is 1. The average molecular weight is 381 g/mol. The van der Waals surface area contributed by atoms with Crippen LogP contribution in [0.1, 0.15) is 22.8 Å². The highest BCUT2D eigenvalue weighted by Gasteiger charge is 2.18. The molecular weight excluding hydrogens is 363 g/mol. The standard InChI is InChI=1S/C18H18Cl2N2O3/c1-10-9-12(18(24)21-3)7-8-14(10)22-17(23)11(2)25-15-6-4-5-13(19)16(15)20/h4-9,11H,1-3H3,(H,21,24)(H,22,23). The van der Waals surface area contributed by atoms with Crippen molar-refractivity contribution in [3.05, 3.63) is 57.6 Å². The zero-order valence-electron chi connectivity index (χ0n) is 14.0. The molecule has 0 saturated carbocycles. The fourth-order valence-electron chi connectivity index (χ4n) is 2.14. The molecule has 0 aliphatic rings. The van der Waals surface area contributed by atoms with Crippen molar-refractivity contribution >= 4 is 40.7 Å². The summed E-state index contributed by atoms with van der Waals surface area (Å²) in [6.07, 6.45) is -0.783. The first-order valence-electron chi connectivity index (χ1n) is 7.57. The van der Waals surface area contributed by atoms with Crippen molar-refractivity contribution in [1.82, 2.24) is 5.32 Å². The molecule has 2 amide bonds. The van der Waals surface area contributed by atoms with Gasteiger partial charge in [0, 0.05) is 18.3 Å². The lowest BCUT2D eigenvalue weighted by atomic mass is 10.1. The number of halogens is 2. The molecule has 0 radical (unpaired) electrons. The van der Waals surface area contributed by atoms with Crippen LogP contribution in [0.3, 0.4) is 0 Å². The van der Waals surface area contributed by atoms with Gasteiger partial charge in [0.2, 0.25) is 0 Å². The fourth-order valence-corrected chi connectivity index (χ4v) is 2.48. The van der Waals surface area contributed by atoms with Crippen LogP contribution in [0.2, 0.25) is 10.0 Å². The number of rotatable bonds is 5. The van der Waals surface area contributed by atoms with Crippen LogP contribution in [0, 0.1) is 6.92 Å². The van der Waals surface area contributed by atoms with E-state index in [2.05, 4.69) is 10.6 Å². The smallest absolute Gasteiger partial charge is 0.265 e. The molecule has 1 unspecified atom stereocenters. The van der Waals surface area contributed by atoms with E-state index in [-0.39, 0.29) is 16.8 Å². The Balaban J connectivity index is 2.08. The third kappa shape index (κ3) is 4.65. The Labute approximate surface area is 156 Å². The lowest BCUT2D eigenvalue weighted by Gasteiger charge is -2.17. The van der Waals surface area contributed by atoms with Crippen molar-refractivity contribution in [2.24, 2.45) is 0 Å². The molecule has 0 aliphatic carbocycles. The van der Waals surface area contributed by atoms with Crippen LogP contribution in [0.5, 0.6) is 5.75 Å². The maximum atomic E-state index is 12.3. The lowest BCUT2D eigenvalue weighted by molar-refractivity contribution is -0.122. The molecule has 0 spiro atoms. The summed E-state index contributed by atoms with van der Waals surface area (Å²) in [4.78, 5) is 24.0. The zero-order chi connectivity index (χ0) is 18.6. The highest BCUT2D eigenvalue weighted by Crippen LogP contribution is 2.32. The minimum atomic E-state index is -0.783. The van der Waals surface area contributed by atoms with Gasteiger partial charge < -0.3 is 15.4 Å². The van der Waals surface area contributed by atoms with Crippen molar-refractivity contribution in [1.29, 1.82) is 0 Å². The van der Waals surface area contributed by atoms with E-state index in [1.807, 2.05) is 0 Å². The van der Waals surface area contributed by atoms with Gasteiger partial charge in [-0.05, 0) is 49.7 Å². The molecule has 0 heterocycles. The number of aryl methyl sites for hydroxylation is 1. The molecule has 2 aromatic carbocycles. The SMILES string of the molecule is CNC(=O)c1ccc(NC(=O)C(C)Oc2cccc(Cl)c2Cl)c(C)c1. The van der Waals surface area contributed by atoms with E-state index in [4.69, 9.17) is 27.9 Å². The number of anilines is 1. The highest BCUT2D eigenvalue weighted by molar-refractivity contribution is 6.42. The molecular formula is C18H18Cl2N2O3. The van der Waals surface area contributed by atoms with Gasteiger partial charge in [0.05, 0.1) is 5.02 Å². The normalized spacial score (nSPS) is 11.6. The van der Waals surface area contributed by atoms with Crippen molar-refractivity contribution in [3.8, 4) is 5.75 Å². The van der Waals surface area contributed by atoms with Crippen LogP contribution in [-0.4, -0.2) is 25.0 Å². The Bertz CT molecular complexity index is 809. The van der Waals surface area contributed by atoms with Crippen molar-refractivity contribution < 1.29 is 14.3 Å². The molecule has 2 N–H and O–H groups in total. The molecule has 2 aromatic rings. The Morgan fingerprint density at radius 2 is 1.88 bits per heavy atom. The van der Waals surface area contributed by atoms with E-state index < -0.39 is 6.10 Å². The number of carbonyl (C=O) groups excluding carboxylic acids is 2. The van der Waals surface area contributed by atoms with E-state index in [1.54, 1.807) is 57.3 Å². The van der Waals surface area contributed by atoms with Gasteiger partial charge >= 0.3 is 0 Å². The van der Waals surface area contributed by atoms with Crippen molar-refractivity contribution in [2.45, 2.75) is 20.0 Å². The molecule has 7 heteroatoms. The topological polar surface area (TPSA) is 67.4 Å². The third-order valence-corrected chi connectivity index (χ3v) is 4.36. The fraction of sp³-hybridized carbons (Fsp3) is 0.222. The van der Waals surface area contributed by atoms with E-state index in [1.165, 1.54) is 0 Å². The summed E-state index contributed by atoms with van der Waals surface area (Å²) < 4.78 is 5.59. The third-order valence-electron chi connectivity index (χ3n) is 3.56. The minimum Gasteiger partial charge on any atom is -0.479 e. The van der Waals surface area contributed by atoms with E-state index in [9.17, 15) is 9.59 Å². The molecule has 0 aliphatic heterocycles. The highest BCUT2D eigenvalue weighted by atomic mass is 35.5. The quantitative estimate of drug-likeness (QED) is 0.821. The molecule has 1 atom stereocenters. The Kier molecular flexibility index (Phi) is 6.28. The Morgan fingerprint density at radius 3 is 2.52 bits per heavy atom. The summed E-state index contributed by atoms with van der Waals surface area (Å²) in [5, 5.41) is 5.94. The van der Waals surface area contributed by atoms with Crippen LogP contribution < -0.4 is 15.4 Å². The van der Waals surface area contributed by atoms with Gasteiger partial charge in [-0.25, -0.2) is 0 Å². The molecule has 0 bridgehead atoms. The predicted molar refractivity (Wildman–Crippen MR) is 99.8 cm³/mol. The van der Waals surface area contributed by atoms with Gasteiger partial charge in [0.1, 0.15) is 10.8 Å². The van der Waals surface area contributed by atoms with Crippen molar-refractivity contribution in [3.63, 3.8) is 0 Å². The monoisotopic (exact) mass is 380 g/mol. The van der Waals surface area contributed by atoms with Gasteiger partial charge in [-0.3, -0.25) is 9.59 Å². The first-order valence-corrected chi connectivity index (χ1v) is 8.33. The average Bonchev–Trinajstić information content (AvgIpc) is 2.59. The summed E-state index contributed by atoms with van der Waals surface area (Å²) in [6, 6.07) is 9.99. The first-order chi connectivity index (χ1) is 11.8. The maximum absolute atomic E-state index is 12.3. The summed E-state index contributed by atoms with van der Waals surface area (Å²) in [5.41, 5.74) is 1.89. The van der Waals surface area contributed by atoms with E-state index in [0.29, 0.717) is 22.0 Å². The summed E-state index contributed by atoms with van der Waals surface area (Å²) in [7, 11) is 1.56. The predicted octanol–water partition coefficient (Wildman–Crippen LogP) is 4.07. The van der Waals surface area contributed by atoms with Crippen molar-refractivity contribution in [2.75, 3.05) is 12.4 Å². The second-order valence-corrected chi connectivity index (χ2v) is 6.20. The van der Waals surface area contributed by atoms with Gasteiger partial charge in [-0.15, -0.1) is 0 Å². The number of nitrogens with one attached hydrogen (secondary N) is 2. The van der Waals surface area contributed by atoms with Gasteiger partial charge in [-0.1, -0.05) is 29.3 Å². The molecule has 0 aromatic heterocycles. The zero-order valence-corrected chi connectivity index (χ0v) is 15.5. The molecule has 132 valence electrons.